The van der Waals surface area contributed by atoms with Crippen molar-refractivity contribution >= 4 is 17.2 Å². The van der Waals surface area contributed by atoms with Gasteiger partial charge in [-0.25, -0.2) is 0 Å². The predicted molar refractivity (Wildman–Crippen MR) is 83.7 cm³/mol. The average molecular weight is 288 g/mol. The highest BCUT2D eigenvalue weighted by atomic mass is 32.1. The quantitative estimate of drug-likeness (QED) is 0.858. The lowest BCUT2D eigenvalue weighted by Crippen LogP contribution is -2.35. The van der Waals surface area contributed by atoms with Gasteiger partial charge in [0, 0.05) is 12.6 Å². The van der Waals surface area contributed by atoms with Crippen molar-refractivity contribution in [2.24, 2.45) is 5.73 Å². The molecule has 4 heteroatoms. The van der Waals surface area contributed by atoms with E-state index in [2.05, 4.69) is 22.1 Å². The molecule has 1 unspecified atom stereocenters. The van der Waals surface area contributed by atoms with Crippen LogP contribution in [-0.2, 0) is 24.2 Å². The molecule has 0 aliphatic heterocycles. The first-order valence-corrected chi connectivity index (χ1v) is 7.70. The maximum absolute atomic E-state index is 12.1. The molecule has 1 aromatic carbocycles. The van der Waals surface area contributed by atoms with Gasteiger partial charge < -0.3 is 11.1 Å². The molecule has 2 rings (SSSR count). The first kappa shape index (κ1) is 14.8. The van der Waals surface area contributed by atoms with Crippen molar-refractivity contribution in [1.82, 2.24) is 5.32 Å². The molecule has 0 bridgehead atoms. The van der Waals surface area contributed by atoms with Gasteiger partial charge in [0.1, 0.15) is 0 Å². The van der Waals surface area contributed by atoms with Crippen LogP contribution >= 0.6 is 11.3 Å². The van der Waals surface area contributed by atoms with Crippen LogP contribution in [0.1, 0.15) is 23.6 Å². The summed E-state index contributed by atoms with van der Waals surface area (Å²) >= 11 is 1.68. The fraction of sp³-hybridized carbons (Fsp3) is 0.312. The van der Waals surface area contributed by atoms with Crippen LogP contribution in [0.15, 0.2) is 41.1 Å². The fourth-order valence-electron chi connectivity index (χ4n) is 2.24. The van der Waals surface area contributed by atoms with Crippen molar-refractivity contribution in [3.05, 3.63) is 57.8 Å². The van der Waals surface area contributed by atoms with Gasteiger partial charge in [-0.3, -0.25) is 4.79 Å². The monoisotopic (exact) mass is 288 g/mol. The van der Waals surface area contributed by atoms with Crippen LogP contribution in [0.3, 0.4) is 0 Å². The summed E-state index contributed by atoms with van der Waals surface area (Å²) in [5.41, 5.74) is 9.00. The molecule has 0 fully saturated rings. The van der Waals surface area contributed by atoms with Crippen LogP contribution in [0, 0.1) is 0 Å². The Morgan fingerprint density at radius 2 is 2.05 bits per heavy atom. The molecule has 1 aromatic heterocycles. The third-order valence-corrected chi connectivity index (χ3v) is 3.95. The summed E-state index contributed by atoms with van der Waals surface area (Å²) in [6.07, 6.45) is 1.26. The van der Waals surface area contributed by atoms with Crippen LogP contribution in [0.5, 0.6) is 0 Å². The first-order valence-electron chi connectivity index (χ1n) is 6.76. The summed E-state index contributed by atoms with van der Waals surface area (Å²) < 4.78 is 0. The maximum Gasteiger partial charge on any atom is 0.224 e. The highest BCUT2D eigenvalue weighted by molar-refractivity contribution is 7.07. The van der Waals surface area contributed by atoms with Crippen molar-refractivity contribution in [3.63, 3.8) is 0 Å². The van der Waals surface area contributed by atoms with Gasteiger partial charge in [0.2, 0.25) is 5.91 Å². The zero-order valence-corrected chi connectivity index (χ0v) is 12.5. The largest absolute Gasteiger partial charge is 0.353 e. The minimum Gasteiger partial charge on any atom is -0.353 e. The number of hydrogen-bond donors (Lipinski definition) is 2. The molecule has 3 N–H and O–H groups in total. The second-order valence-electron chi connectivity index (χ2n) is 4.95. The van der Waals surface area contributed by atoms with Gasteiger partial charge in [-0.05, 0) is 46.9 Å². The number of amides is 1. The van der Waals surface area contributed by atoms with E-state index in [0.717, 1.165) is 17.5 Å². The molecule has 0 saturated heterocycles. The molecule has 2 aromatic rings. The van der Waals surface area contributed by atoms with Crippen molar-refractivity contribution in [2.45, 2.75) is 32.4 Å². The highest BCUT2D eigenvalue weighted by Crippen LogP contribution is 2.10. The van der Waals surface area contributed by atoms with E-state index >= 15 is 0 Å². The molecule has 106 valence electrons. The van der Waals surface area contributed by atoms with Crippen LogP contribution < -0.4 is 11.1 Å². The molecular weight excluding hydrogens is 268 g/mol. The maximum atomic E-state index is 12.1. The Bertz CT molecular complexity index is 551. The number of rotatable bonds is 6. The van der Waals surface area contributed by atoms with E-state index < -0.39 is 0 Å². The summed E-state index contributed by atoms with van der Waals surface area (Å²) in [6.45, 7) is 2.50. The number of thiophene rings is 1. The van der Waals surface area contributed by atoms with Gasteiger partial charge >= 0.3 is 0 Å². The minimum absolute atomic E-state index is 0.0497. The van der Waals surface area contributed by atoms with Gasteiger partial charge in [-0.2, -0.15) is 11.3 Å². The molecular formula is C16H20N2OS. The highest BCUT2D eigenvalue weighted by Gasteiger charge is 2.10. The molecule has 1 amide bonds. The van der Waals surface area contributed by atoms with E-state index in [4.69, 9.17) is 5.73 Å². The van der Waals surface area contributed by atoms with Crippen LogP contribution in [0.4, 0.5) is 0 Å². The third kappa shape index (κ3) is 4.18. The standard InChI is InChI=1S/C16H20N2OS/c1-12(8-13-6-7-20-11-13)18-16(19)9-14-4-2-3-5-15(14)10-17/h2-7,11-12H,8-10,17H2,1H3,(H,18,19). The Hall–Kier alpha value is -1.65. The van der Waals surface area contributed by atoms with E-state index in [9.17, 15) is 4.79 Å². The molecule has 20 heavy (non-hydrogen) atoms. The Balaban J connectivity index is 1.88. The Kier molecular flexibility index (Phi) is 5.32. The molecule has 0 spiro atoms. The Morgan fingerprint density at radius 1 is 1.30 bits per heavy atom. The van der Waals surface area contributed by atoms with Gasteiger partial charge in [0.15, 0.2) is 0 Å². The van der Waals surface area contributed by atoms with Crippen LogP contribution in [0.2, 0.25) is 0 Å². The lowest BCUT2D eigenvalue weighted by molar-refractivity contribution is -0.121. The Morgan fingerprint density at radius 3 is 2.70 bits per heavy atom. The van der Waals surface area contributed by atoms with Gasteiger partial charge in [-0.1, -0.05) is 24.3 Å². The van der Waals surface area contributed by atoms with Crippen molar-refractivity contribution in [1.29, 1.82) is 0 Å². The van der Waals surface area contributed by atoms with E-state index in [1.165, 1.54) is 5.56 Å². The third-order valence-electron chi connectivity index (χ3n) is 3.22. The van der Waals surface area contributed by atoms with Crippen molar-refractivity contribution < 1.29 is 4.79 Å². The number of hydrogen-bond acceptors (Lipinski definition) is 3. The molecule has 0 aliphatic carbocycles. The molecule has 0 saturated carbocycles. The topological polar surface area (TPSA) is 55.1 Å². The van der Waals surface area contributed by atoms with Gasteiger partial charge in [0.05, 0.1) is 6.42 Å². The molecule has 1 atom stereocenters. The van der Waals surface area contributed by atoms with Gasteiger partial charge in [0.25, 0.3) is 0 Å². The van der Waals surface area contributed by atoms with Crippen molar-refractivity contribution in [2.75, 3.05) is 0 Å². The second-order valence-corrected chi connectivity index (χ2v) is 5.73. The SMILES string of the molecule is CC(Cc1ccsc1)NC(=O)Cc1ccccc1CN. The first-order chi connectivity index (χ1) is 9.69. The normalized spacial score (nSPS) is 12.1. The number of carbonyl (C=O) groups is 1. The Labute approximate surface area is 123 Å². The van der Waals surface area contributed by atoms with Crippen molar-refractivity contribution in [3.8, 4) is 0 Å². The lowest BCUT2D eigenvalue weighted by atomic mass is 10.0. The fourth-order valence-corrected chi connectivity index (χ4v) is 2.92. The number of benzene rings is 1. The summed E-state index contributed by atoms with van der Waals surface area (Å²) in [7, 11) is 0. The van der Waals surface area contributed by atoms with E-state index in [0.29, 0.717) is 13.0 Å². The average Bonchev–Trinajstić information content (AvgIpc) is 2.91. The van der Waals surface area contributed by atoms with E-state index in [1.54, 1.807) is 11.3 Å². The summed E-state index contributed by atoms with van der Waals surface area (Å²) in [5, 5.41) is 7.22. The van der Waals surface area contributed by atoms with Crippen LogP contribution in [-0.4, -0.2) is 11.9 Å². The second kappa shape index (κ2) is 7.22. The summed E-state index contributed by atoms with van der Waals surface area (Å²) in [6, 6.07) is 10.1. The zero-order valence-electron chi connectivity index (χ0n) is 11.6. The summed E-state index contributed by atoms with van der Waals surface area (Å²) in [4.78, 5) is 12.1. The number of carbonyl (C=O) groups excluding carboxylic acids is 1. The summed E-state index contributed by atoms with van der Waals surface area (Å²) in [5.74, 6) is 0.0497. The predicted octanol–water partition coefficient (Wildman–Crippen LogP) is 2.50. The van der Waals surface area contributed by atoms with E-state index in [-0.39, 0.29) is 11.9 Å². The zero-order chi connectivity index (χ0) is 14.4. The molecule has 0 aliphatic rings. The lowest BCUT2D eigenvalue weighted by Gasteiger charge is -2.14. The molecule has 3 nitrogen and oxygen atoms in total. The molecule has 1 heterocycles. The van der Waals surface area contributed by atoms with Crippen LogP contribution in [0.25, 0.3) is 0 Å². The minimum atomic E-state index is 0.0497. The smallest absolute Gasteiger partial charge is 0.224 e. The number of nitrogens with one attached hydrogen (secondary N) is 1. The van der Waals surface area contributed by atoms with E-state index in [1.807, 2.05) is 31.2 Å². The van der Waals surface area contributed by atoms with Gasteiger partial charge in [-0.15, -0.1) is 0 Å². The number of nitrogens with two attached hydrogens (primary N) is 1. The molecule has 0 radical (unpaired) electrons.